The van der Waals surface area contributed by atoms with E-state index >= 15 is 0 Å². The minimum absolute atomic E-state index is 0.389. The Morgan fingerprint density at radius 1 is 1.47 bits per heavy atom. The van der Waals surface area contributed by atoms with Crippen LogP contribution in [0.5, 0.6) is 0 Å². The molecule has 94 valence electrons. The fourth-order valence-electron chi connectivity index (χ4n) is 1.96. The van der Waals surface area contributed by atoms with Crippen molar-refractivity contribution in [3.63, 3.8) is 0 Å². The molecule has 1 fully saturated rings. The molecule has 5 heteroatoms. The van der Waals surface area contributed by atoms with Gasteiger partial charge in [0.2, 0.25) is 0 Å². The Morgan fingerprint density at radius 3 is 2.88 bits per heavy atom. The van der Waals surface area contributed by atoms with Gasteiger partial charge in [-0.25, -0.2) is 9.97 Å². The van der Waals surface area contributed by atoms with Gasteiger partial charge >= 0.3 is 0 Å². The predicted molar refractivity (Wildman–Crippen MR) is 68.5 cm³/mol. The third kappa shape index (κ3) is 3.30. The van der Waals surface area contributed by atoms with Gasteiger partial charge in [0.15, 0.2) is 0 Å². The summed E-state index contributed by atoms with van der Waals surface area (Å²) >= 11 is 5.97. The first-order valence-electron chi connectivity index (χ1n) is 6.04. The summed E-state index contributed by atoms with van der Waals surface area (Å²) in [5, 5.41) is 3.87. The number of aryl methyl sites for hydroxylation is 1. The van der Waals surface area contributed by atoms with Crippen LogP contribution in [0.15, 0.2) is 6.07 Å². The summed E-state index contributed by atoms with van der Waals surface area (Å²) in [6.45, 7) is 2.10. The average Bonchev–Trinajstić information content (AvgIpc) is 2.22. The summed E-state index contributed by atoms with van der Waals surface area (Å²) in [5.41, 5.74) is 0. The molecule has 1 saturated carbocycles. The molecule has 0 aliphatic heterocycles. The van der Waals surface area contributed by atoms with Crippen molar-refractivity contribution in [3.05, 3.63) is 17.0 Å². The minimum atomic E-state index is 0.389. The molecule has 17 heavy (non-hydrogen) atoms. The monoisotopic (exact) mass is 255 g/mol. The molecule has 0 spiro atoms. The molecule has 0 saturated heterocycles. The summed E-state index contributed by atoms with van der Waals surface area (Å²) < 4.78 is 5.24. The van der Waals surface area contributed by atoms with Gasteiger partial charge in [-0.15, -0.1) is 0 Å². The molecule has 0 radical (unpaired) electrons. The largest absolute Gasteiger partial charge is 0.381 e. The number of nitrogens with one attached hydrogen (secondary N) is 1. The molecule has 0 atom stereocenters. The van der Waals surface area contributed by atoms with Crippen LogP contribution in [0.25, 0.3) is 0 Å². The van der Waals surface area contributed by atoms with Crippen LogP contribution in [0.4, 0.5) is 5.82 Å². The van der Waals surface area contributed by atoms with Gasteiger partial charge in [-0.2, -0.15) is 0 Å². The van der Waals surface area contributed by atoms with Crippen molar-refractivity contribution in [1.82, 2.24) is 9.97 Å². The Balaban J connectivity index is 1.96. The third-order valence-electron chi connectivity index (χ3n) is 2.99. The van der Waals surface area contributed by atoms with E-state index in [9.17, 15) is 0 Å². The van der Waals surface area contributed by atoms with Crippen LogP contribution in [-0.4, -0.2) is 29.2 Å². The number of hydrogen-bond donors (Lipinski definition) is 1. The number of nitrogens with zero attached hydrogens (tertiary/aromatic N) is 2. The van der Waals surface area contributed by atoms with Gasteiger partial charge in [0, 0.05) is 25.6 Å². The van der Waals surface area contributed by atoms with Crippen LogP contribution >= 0.6 is 11.6 Å². The van der Waals surface area contributed by atoms with Crippen molar-refractivity contribution in [2.45, 2.75) is 44.8 Å². The Hall–Kier alpha value is -0.870. The fraction of sp³-hybridized carbons (Fsp3) is 0.667. The molecule has 0 unspecified atom stereocenters. The highest BCUT2D eigenvalue weighted by molar-refractivity contribution is 6.29. The summed E-state index contributed by atoms with van der Waals surface area (Å²) in [6.07, 6.45) is 4.33. The van der Waals surface area contributed by atoms with Gasteiger partial charge in [-0.05, 0) is 19.3 Å². The number of halogens is 1. The molecule has 1 aromatic heterocycles. The lowest BCUT2D eigenvalue weighted by Crippen LogP contribution is -2.40. The van der Waals surface area contributed by atoms with Crippen molar-refractivity contribution in [2.24, 2.45) is 0 Å². The molecule has 0 bridgehead atoms. The zero-order valence-corrected chi connectivity index (χ0v) is 11.0. The second-order valence-electron chi connectivity index (χ2n) is 4.41. The van der Waals surface area contributed by atoms with Gasteiger partial charge in [0.1, 0.15) is 16.8 Å². The topological polar surface area (TPSA) is 47.0 Å². The van der Waals surface area contributed by atoms with E-state index in [-0.39, 0.29) is 0 Å². The van der Waals surface area contributed by atoms with E-state index < -0.39 is 0 Å². The van der Waals surface area contributed by atoms with Crippen molar-refractivity contribution < 1.29 is 4.74 Å². The lowest BCUT2D eigenvalue weighted by Gasteiger charge is -2.34. The number of aromatic nitrogens is 2. The lowest BCUT2D eigenvalue weighted by molar-refractivity contribution is 0.0328. The van der Waals surface area contributed by atoms with Crippen LogP contribution in [-0.2, 0) is 11.2 Å². The van der Waals surface area contributed by atoms with Crippen LogP contribution in [0, 0.1) is 0 Å². The van der Waals surface area contributed by atoms with Gasteiger partial charge < -0.3 is 10.1 Å². The van der Waals surface area contributed by atoms with Gasteiger partial charge in [0.05, 0.1) is 6.10 Å². The van der Waals surface area contributed by atoms with Gasteiger partial charge in [-0.1, -0.05) is 18.5 Å². The summed E-state index contributed by atoms with van der Waals surface area (Å²) in [7, 11) is 1.75. The average molecular weight is 256 g/mol. The van der Waals surface area contributed by atoms with Crippen molar-refractivity contribution in [1.29, 1.82) is 0 Å². The number of ether oxygens (including phenoxy) is 1. The maximum atomic E-state index is 5.97. The maximum Gasteiger partial charge on any atom is 0.134 e. The first kappa shape index (κ1) is 12.6. The lowest BCUT2D eigenvalue weighted by atomic mass is 9.89. The SMILES string of the molecule is CCCc1nc(Cl)cc(NC2CC(OC)C2)n1. The van der Waals surface area contributed by atoms with E-state index in [1.165, 1.54) is 0 Å². The number of hydrogen-bond acceptors (Lipinski definition) is 4. The molecule has 2 rings (SSSR count). The van der Waals surface area contributed by atoms with Crippen LogP contribution in [0.2, 0.25) is 5.15 Å². The normalized spacial score (nSPS) is 23.2. The van der Waals surface area contributed by atoms with Crippen molar-refractivity contribution in [2.75, 3.05) is 12.4 Å². The molecule has 1 N–H and O–H groups in total. The van der Waals surface area contributed by atoms with E-state index in [0.29, 0.717) is 17.3 Å². The zero-order valence-electron chi connectivity index (χ0n) is 10.2. The highest BCUT2D eigenvalue weighted by Gasteiger charge is 2.29. The maximum absolute atomic E-state index is 5.97. The molecule has 1 aliphatic carbocycles. The van der Waals surface area contributed by atoms with E-state index in [4.69, 9.17) is 16.3 Å². The summed E-state index contributed by atoms with van der Waals surface area (Å²) in [5.74, 6) is 1.64. The first-order chi connectivity index (χ1) is 8.21. The quantitative estimate of drug-likeness (QED) is 0.822. The van der Waals surface area contributed by atoms with Crippen LogP contribution < -0.4 is 5.32 Å². The zero-order chi connectivity index (χ0) is 12.3. The summed E-state index contributed by atoms with van der Waals surface area (Å²) in [4.78, 5) is 8.64. The predicted octanol–water partition coefficient (Wildman–Crippen LogP) is 2.67. The molecule has 1 aliphatic rings. The standard InChI is InChI=1S/C12H18ClN3O/c1-3-4-11-15-10(13)7-12(16-11)14-8-5-9(6-8)17-2/h7-9H,3-6H2,1-2H3,(H,14,15,16). The number of methoxy groups -OCH3 is 1. The van der Waals surface area contributed by atoms with E-state index in [2.05, 4.69) is 22.2 Å². The summed E-state index contributed by atoms with van der Waals surface area (Å²) in [6, 6.07) is 2.22. The first-order valence-corrected chi connectivity index (χ1v) is 6.42. The molecule has 1 heterocycles. The van der Waals surface area contributed by atoms with Gasteiger partial charge in [-0.3, -0.25) is 0 Å². The second-order valence-corrected chi connectivity index (χ2v) is 4.80. The Labute approximate surface area is 107 Å². The number of rotatable bonds is 5. The Morgan fingerprint density at radius 2 is 2.24 bits per heavy atom. The van der Waals surface area contributed by atoms with Crippen LogP contribution in [0.1, 0.15) is 32.0 Å². The fourth-order valence-corrected chi connectivity index (χ4v) is 2.16. The second kappa shape index (κ2) is 5.65. The Kier molecular flexibility index (Phi) is 4.18. The molecule has 0 aromatic carbocycles. The third-order valence-corrected chi connectivity index (χ3v) is 3.19. The smallest absolute Gasteiger partial charge is 0.134 e. The van der Waals surface area contributed by atoms with Crippen molar-refractivity contribution in [3.8, 4) is 0 Å². The Bertz CT molecular complexity index is 380. The van der Waals surface area contributed by atoms with Crippen molar-refractivity contribution >= 4 is 17.4 Å². The highest BCUT2D eigenvalue weighted by Crippen LogP contribution is 2.26. The van der Waals surface area contributed by atoms with E-state index in [1.807, 2.05) is 0 Å². The molecular weight excluding hydrogens is 238 g/mol. The minimum Gasteiger partial charge on any atom is -0.381 e. The molecular formula is C12H18ClN3O. The van der Waals surface area contributed by atoms with E-state index in [0.717, 1.165) is 37.3 Å². The van der Waals surface area contributed by atoms with E-state index in [1.54, 1.807) is 13.2 Å². The molecule has 4 nitrogen and oxygen atoms in total. The highest BCUT2D eigenvalue weighted by atomic mass is 35.5. The van der Waals surface area contributed by atoms with Gasteiger partial charge in [0.25, 0.3) is 0 Å². The number of anilines is 1. The molecule has 0 amide bonds. The van der Waals surface area contributed by atoms with Crippen LogP contribution in [0.3, 0.4) is 0 Å². The molecule has 1 aromatic rings.